The fraction of sp³-hybridized carbons (Fsp3) is 0.357. The van der Waals surface area contributed by atoms with E-state index in [-0.39, 0.29) is 5.91 Å². The van der Waals surface area contributed by atoms with Crippen LogP contribution in [0, 0.1) is 11.3 Å². The highest BCUT2D eigenvalue weighted by Gasteiger charge is 2.16. The quantitative estimate of drug-likeness (QED) is 0.765. The number of hydrogen-bond acceptors (Lipinski definition) is 5. The molecule has 0 radical (unpaired) electrons. The predicted molar refractivity (Wildman–Crippen MR) is 78.7 cm³/mol. The monoisotopic (exact) mass is 304 g/mol. The van der Waals surface area contributed by atoms with Crippen LogP contribution in [0.2, 0.25) is 0 Å². The maximum absolute atomic E-state index is 12.1. The summed E-state index contributed by atoms with van der Waals surface area (Å²) in [7, 11) is 3.58. The molecular formula is C14H16N4O2S. The molecule has 2 heterocycles. The number of nitriles is 1. The van der Waals surface area contributed by atoms with Gasteiger partial charge in [0.25, 0.3) is 5.91 Å². The van der Waals surface area contributed by atoms with Gasteiger partial charge in [0.05, 0.1) is 18.2 Å². The molecule has 0 unspecified atom stereocenters. The average molecular weight is 304 g/mol. The van der Waals surface area contributed by atoms with E-state index in [9.17, 15) is 4.79 Å². The van der Waals surface area contributed by atoms with Gasteiger partial charge in [-0.05, 0) is 12.1 Å². The molecule has 0 saturated carbocycles. The number of nitrogens with zero attached hydrogens (tertiary/aromatic N) is 4. The van der Waals surface area contributed by atoms with Gasteiger partial charge in [0, 0.05) is 33.0 Å². The zero-order valence-corrected chi connectivity index (χ0v) is 12.8. The van der Waals surface area contributed by atoms with Crippen molar-refractivity contribution in [3.05, 3.63) is 36.0 Å². The minimum absolute atomic E-state index is 0.210. The Kier molecular flexibility index (Phi) is 5.06. The van der Waals surface area contributed by atoms with Crippen LogP contribution in [0.5, 0.6) is 0 Å². The van der Waals surface area contributed by atoms with Crippen LogP contribution in [-0.4, -0.2) is 34.0 Å². The van der Waals surface area contributed by atoms with E-state index in [1.165, 1.54) is 4.90 Å². The van der Waals surface area contributed by atoms with Gasteiger partial charge in [0.2, 0.25) is 0 Å². The molecule has 0 N–H and O–H groups in total. The lowest BCUT2D eigenvalue weighted by Gasteiger charge is -2.13. The third kappa shape index (κ3) is 3.89. The Hall–Kier alpha value is -2.20. The van der Waals surface area contributed by atoms with Crippen molar-refractivity contribution in [2.45, 2.75) is 17.3 Å². The van der Waals surface area contributed by atoms with Gasteiger partial charge in [-0.3, -0.25) is 4.79 Å². The minimum atomic E-state index is -0.210. The van der Waals surface area contributed by atoms with Gasteiger partial charge in [-0.1, -0.05) is 11.8 Å². The fourth-order valence-corrected chi connectivity index (χ4v) is 2.53. The fourth-order valence-electron chi connectivity index (χ4n) is 1.70. The molecule has 0 aliphatic heterocycles. The average Bonchev–Trinajstić information content (AvgIpc) is 3.10. The maximum Gasteiger partial charge on any atom is 0.289 e. The number of hydrogen-bond donors (Lipinski definition) is 0. The van der Waals surface area contributed by atoms with Crippen molar-refractivity contribution >= 4 is 17.7 Å². The van der Waals surface area contributed by atoms with Crippen molar-refractivity contribution in [1.82, 2.24) is 14.5 Å². The summed E-state index contributed by atoms with van der Waals surface area (Å²) >= 11 is 1.54. The van der Waals surface area contributed by atoms with E-state index in [2.05, 4.69) is 4.98 Å². The van der Waals surface area contributed by atoms with Gasteiger partial charge in [-0.15, -0.1) is 0 Å². The number of amides is 1. The van der Waals surface area contributed by atoms with Crippen molar-refractivity contribution in [3.63, 3.8) is 0 Å². The van der Waals surface area contributed by atoms with Crippen molar-refractivity contribution in [3.8, 4) is 6.07 Å². The molecule has 0 bridgehead atoms. The van der Waals surface area contributed by atoms with Gasteiger partial charge in [-0.25, -0.2) is 4.98 Å². The summed E-state index contributed by atoms with van der Waals surface area (Å²) in [5.74, 6) is 1.42. The van der Waals surface area contributed by atoms with Crippen LogP contribution in [0.4, 0.5) is 0 Å². The Morgan fingerprint density at radius 2 is 2.38 bits per heavy atom. The number of furan rings is 1. The summed E-state index contributed by atoms with van der Waals surface area (Å²) in [6.07, 6.45) is 3.93. The van der Waals surface area contributed by atoms with E-state index in [0.717, 1.165) is 10.9 Å². The van der Waals surface area contributed by atoms with Crippen LogP contribution in [0.25, 0.3) is 0 Å². The number of carbonyl (C=O) groups is 1. The number of aromatic nitrogens is 2. The van der Waals surface area contributed by atoms with E-state index in [1.54, 1.807) is 37.1 Å². The molecule has 0 saturated heterocycles. The molecule has 0 aromatic carbocycles. The van der Waals surface area contributed by atoms with Crippen molar-refractivity contribution in [2.75, 3.05) is 13.6 Å². The topological polar surface area (TPSA) is 75.1 Å². The van der Waals surface area contributed by atoms with Crippen LogP contribution >= 0.6 is 11.8 Å². The first-order chi connectivity index (χ1) is 10.1. The van der Waals surface area contributed by atoms with Crippen molar-refractivity contribution in [2.24, 2.45) is 7.05 Å². The molecule has 2 aromatic heterocycles. The van der Waals surface area contributed by atoms with Gasteiger partial charge < -0.3 is 13.9 Å². The second-order valence-corrected chi connectivity index (χ2v) is 5.45. The van der Waals surface area contributed by atoms with Crippen LogP contribution in [0.3, 0.4) is 0 Å². The Balaban J connectivity index is 1.93. The second-order valence-electron chi connectivity index (χ2n) is 4.51. The SMILES string of the molecule is CN(CCC#N)C(=O)c1ccc(CSc2nccn2C)o1. The van der Waals surface area contributed by atoms with Crippen LogP contribution in [0.15, 0.2) is 34.1 Å². The molecule has 6 nitrogen and oxygen atoms in total. The lowest BCUT2D eigenvalue weighted by molar-refractivity contribution is 0.0765. The van der Waals surface area contributed by atoms with Gasteiger partial charge in [0.15, 0.2) is 10.9 Å². The summed E-state index contributed by atoms with van der Waals surface area (Å²) in [4.78, 5) is 17.7. The highest BCUT2D eigenvalue weighted by atomic mass is 32.2. The highest BCUT2D eigenvalue weighted by molar-refractivity contribution is 7.98. The molecule has 7 heteroatoms. The molecule has 2 aromatic rings. The molecule has 0 aliphatic rings. The van der Waals surface area contributed by atoms with E-state index < -0.39 is 0 Å². The summed E-state index contributed by atoms with van der Waals surface area (Å²) in [5, 5.41) is 9.43. The summed E-state index contributed by atoms with van der Waals surface area (Å²) in [6, 6.07) is 5.47. The Labute approximate surface area is 127 Å². The second kappa shape index (κ2) is 6.99. The van der Waals surface area contributed by atoms with E-state index in [1.807, 2.05) is 23.9 Å². The third-order valence-corrected chi connectivity index (χ3v) is 3.98. The molecule has 0 fully saturated rings. The van der Waals surface area contributed by atoms with E-state index in [0.29, 0.717) is 24.5 Å². The summed E-state index contributed by atoms with van der Waals surface area (Å²) < 4.78 is 7.48. The lowest BCUT2D eigenvalue weighted by Crippen LogP contribution is -2.27. The van der Waals surface area contributed by atoms with Crippen molar-refractivity contribution < 1.29 is 9.21 Å². The standard InChI is InChI=1S/C14H16N4O2S/c1-17(8-3-6-15)13(19)12-5-4-11(20-12)10-21-14-16-7-9-18(14)2/h4-5,7,9H,3,8,10H2,1-2H3. The summed E-state index contributed by atoms with van der Waals surface area (Å²) in [5.41, 5.74) is 0. The van der Waals surface area contributed by atoms with Gasteiger partial charge in [0.1, 0.15) is 5.76 Å². The van der Waals surface area contributed by atoms with E-state index >= 15 is 0 Å². The molecule has 21 heavy (non-hydrogen) atoms. The largest absolute Gasteiger partial charge is 0.455 e. The van der Waals surface area contributed by atoms with Crippen LogP contribution in [0.1, 0.15) is 22.7 Å². The Bertz CT molecular complexity index is 656. The predicted octanol–water partition coefficient (Wildman–Crippen LogP) is 2.29. The molecule has 110 valence electrons. The normalized spacial score (nSPS) is 10.3. The van der Waals surface area contributed by atoms with Gasteiger partial charge in [-0.2, -0.15) is 5.26 Å². The maximum atomic E-state index is 12.1. The first-order valence-electron chi connectivity index (χ1n) is 6.43. The number of thioether (sulfide) groups is 1. The zero-order valence-electron chi connectivity index (χ0n) is 11.9. The zero-order chi connectivity index (χ0) is 15.2. The molecule has 0 aliphatic carbocycles. The van der Waals surface area contributed by atoms with Gasteiger partial charge >= 0.3 is 0 Å². The Morgan fingerprint density at radius 1 is 1.57 bits per heavy atom. The highest BCUT2D eigenvalue weighted by Crippen LogP contribution is 2.22. The molecule has 0 atom stereocenters. The molecule has 2 rings (SSSR count). The van der Waals surface area contributed by atoms with E-state index in [4.69, 9.17) is 9.68 Å². The lowest BCUT2D eigenvalue weighted by atomic mass is 10.3. The molecular weight excluding hydrogens is 288 g/mol. The molecule has 1 amide bonds. The van der Waals surface area contributed by atoms with Crippen LogP contribution < -0.4 is 0 Å². The molecule has 0 spiro atoms. The van der Waals surface area contributed by atoms with Crippen LogP contribution in [-0.2, 0) is 12.8 Å². The third-order valence-electron chi connectivity index (χ3n) is 2.90. The first kappa shape index (κ1) is 15.2. The number of carbonyl (C=O) groups excluding carboxylic acids is 1. The van der Waals surface area contributed by atoms with Crippen molar-refractivity contribution in [1.29, 1.82) is 5.26 Å². The first-order valence-corrected chi connectivity index (χ1v) is 7.41. The smallest absolute Gasteiger partial charge is 0.289 e. The number of aryl methyl sites for hydroxylation is 1. The number of rotatable bonds is 6. The minimum Gasteiger partial charge on any atom is -0.455 e. The number of imidazole rings is 1. The Morgan fingerprint density at radius 3 is 3.05 bits per heavy atom. The summed E-state index contributed by atoms with van der Waals surface area (Å²) in [6.45, 7) is 0.396.